The van der Waals surface area contributed by atoms with E-state index in [1.807, 2.05) is 12.4 Å². The van der Waals surface area contributed by atoms with Crippen molar-refractivity contribution in [1.29, 1.82) is 0 Å². The second kappa shape index (κ2) is 7.70. The Hall–Kier alpha value is -1.00. The van der Waals surface area contributed by atoms with Crippen LogP contribution in [0.5, 0.6) is 0 Å². The molecule has 1 fully saturated rings. The minimum Gasteiger partial charge on any atom is -0.385 e. The summed E-state index contributed by atoms with van der Waals surface area (Å²) in [5.74, 6) is 1.99. The van der Waals surface area contributed by atoms with Crippen LogP contribution >= 0.6 is 0 Å². The van der Waals surface area contributed by atoms with Gasteiger partial charge in [-0.2, -0.15) is 0 Å². The Morgan fingerprint density at radius 1 is 1.25 bits per heavy atom. The summed E-state index contributed by atoms with van der Waals surface area (Å²) in [6, 6.07) is 0. The topological polar surface area (TPSA) is 38.2 Å². The second-order valence-corrected chi connectivity index (χ2v) is 5.99. The van der Waals surface area contributed by atoms with E-state index in [2.05, 4.69) is 28.7 Å². The fourth-order valence-electron chi connectivity index (χ4n) is 2.78. The Bertz CT molecular complexity index is 383. The monoisotopic (exact) mass is 277 g/mol. The molecule has 112 valence electrons. The number of hydrogen-bond acceptors (Lipinski definition) is 4. The largest absolute Gasteiger partial charge is 0.385 e. The van der Waals surface area contributed by atoms with Gasteiger partial charge in [-0.05, 0) is 43.8 Å². The Kier molecular flexibility index (Phi) is 5.92. The first-order valence-corrected chi connectivity index (χ1v) is 7.74. The molecule has 0 N–H and O–H groups in total. The summed E-state index contributed by atoms with van der Waals surface area (Å²) < 4.78 is 5.11. The van der Waals surface area contributed by atoms with Gasteiger partial charge in [0, 0.05) is 38.6 Å². The highest BCUT2D eigenvalue weighted by Gasteiger charge is 2.20. The third-order valence-electron chi connectivity index (χ3n) is 4.09. The van der Waals surface area contributed by atoms with E-state index in [9.17, 15) is 0 Å². The fourth-order valence-corrected chi connectivity index (χ4v) is 2.78. The summed E-state index contributed by atoms with van der Waals surface area (Å²) in [7, 11) is 1.77. The first-order valence-electron chi connectivity index (χ1n) is 7.74. The van der Waals surface area contributed by atoms with Gasteiger partial charge in [0.2, 0.25) is 0 Å². The Labute approximate surface area is 122 Å². The molecule has 0 radical (unpaired) electrons. The van der Waals surface area contributed by atoms with E-state index in [0.29, 0.717) is 11.8 Å². The average Bonchev–Trinajstić information content (AvgIpc) is 2.48. The zero-order valence-corrected chi connectivity index (χ0v) is 13.0. The lowest BCUT2D eigenvalue weighted by atomic mass is 9.91. The van der Waals surface area contributed by atoms with Crippen molar-refractivity contribution in [2.24, 2.45) is 0 Å². The molecule has 0 unspecified atom stereocenters. The van der Waals surface area contributed by atoms with E-state index in [4.69, 9.17) is 4.74 Å². The van der Waals surface area contributed by atoms with Gasteiger partial charge < -0.3 is 9.64 Å². The minimum atomic E-state index is 0.409. The lowest BCUT2D eigenvalue weighted by Gasteiger charge is -2.31. The predicted molar refractivity (Wildman–Crippen MR) is 81.0 cm³/mol. The molecule has 0 bridgehead atoms. The number of aromatic nitrogens is 2. The molecule has 0 atom stereocenters. The van der Waals surface area contributed by atoms with E-state index < -0.39 is 0 Å². The van der Waals surface area contributed by atoms with Crippen molar-refractivity contribution >= 4 is 0 Å². The van der Waals surface area contributed by atoms with Gasteiger partial charge in [0.05, 0.1) is 0 Å². The first-order chi connectivity index (χ1) is 9.70. The lowest BCUT2D eigenvalue weighted by Crippen LogP contribution is -2.34. The quantitative estimate of drug-likeness (QED) is 0.749. The number of nitrogens with zero attached hydrogens (tertiary/aromatic N) is 3. The molecule has 0 spiro atoms. The molecule has 0 saturated carbocycles. The van der Waals surface area contributed by atoms with E-state index >= 15 is 0 Å². The van der Waals surface area contributed by atoms with Gasteiger partial charge in [-0.1, -0.05) is 13.8 Å². The van der Waals surface area contributed by atoms with Crippen LogP contribution in [0.3, 0.4) is 0 Å². The molecule has 4 heteroatoms. The van der Waals surface area contributed by atoms with Crippen LogP contribution in [-0.4, -0.2) is 48.2 Å². The Morgan fingerprint density at radius 2 is 1.90 bits per heavy atom. The third-order valence-corrected chi connectivity index (χ3v) is 4.09. The SMILES string of the molecule is COCCCN1CCC(c2cnc(C(C)C)nc2)CC1. The minimum absolute atomic E-state index is 0.409. The summed E-state index contributed by atoms with van der Waals surface area (Å²) in [6.45, 7) is 8.65. The summed E-state index contributed by atoms with van der Waals surface area (Å²) in [4.78, 5) is 11.5. The van der Waals surface area contributed by atoms with Crippen LogP contribution < -0.4 is 0 Å². The molecule has 4 nitrogen and oxygen atoms in total. The molecule has 20 heavy (non-hydrogen) atoms. The molecular weight excluding hydrogens is 250 g/mol. The number of ether oxygens (including phenoxy) is 1. The van der Waals surface area contributed by atoms with Gasteiger partial charge in [0.1, 0.15) is 5.82 Å². The van der Waals surface area contributed by atoms with Gasteiger partial charge in [-0.15, -0.1) is 0 Å². The molecular formula is C16H27N3O. The molecule has 1 saturated heterocycles. The predicted octanol–water partition coefficient (Wildman–Crippen LogP) is 2.82. The van der Waals surface area contributed by atoms with Crippen LogP contribution in [0.2, 0.25) is 0 Å². The van der Waals surface area contributed by atoms with Crippen molar-refractivity contribution in [2.75, 3.05) is 33.4 Å². The van der Waals surface area contributed by atoms with Crippen LogP contribution in [0.1, 0.15) is 56.3 Å². The van der Waals surface area contributed by atoms with Crippen LogP contribution in [0, 0.1) is 0 Å². The van der Waals surface area contributed by atoms with E-state index in [1.165, 1.54) is 31.5 Å². The molecule has 1 aliphatic rings. The van der Waals surface area contributed by atoms with Gasteiger partial charge in [-0.25, -0.2) is 9.97 Å². The average molecular weight is 277 g/mol. The smallest absolute Gasteiger partial charge is 0.130 e. The number of likely N-dealkylation sites (tertiary alicyclic amines) is 1. The van der Waals surface area contributed by atoms with Crippen molar-refractivity contribution in [2.45, 2.75) is 44.9 Å². The highest BCUT2D eigenvalue weighted by Crippen LogP contribution is 2.27. The van der Waals surface area contributed by atoms with Crippen molar-refractivity contribution in [3.63, 3.8) is 0 Å². The molecule has 0 amide bonds. The molecule has 1 aliphatic heterocycles. The maximum absolute atomic E-state index is 5.11. The molecule has 0 aromatic carbocycles. The molecule has 1 aromatic rings. The summed E-state index contributed by atoms with van der Waals surface area (Å²) >= 11 is 0. The van der Waals surface area contributed by atoms with Crippen LogP contribution in [-0.2, 0) is 4.74 Å². The maximum atomic E-state index is 5.11. The standard InChI is InChI=1S/C16H27N3O/c1-13(2)16-17-11-15(12-18-16)14-5-8-19(9-6-14)7-4-10-20-3/h11-14H,4-10H2,1-3H3. The van der Waals surface area contributed by atoms with Crippen LogP contribution in [0.25, 0.3) is 0 Å². The molecule has 2 heterocycles. The lowest BCUT2D eigenvalue weighted by molar-refractivity contribution is 0.157. The zero-order valence-electron chi connectivity index (χ0n) is 13.0. The Balaban J connectivity index is 1.81. The van der Waals surface area contributed by atoms with Gasteiger partial charge >= 0.3 is 0 Å². The van der Waals surface area contributed by atoms with E-state index in [-0.39, 0.29) is 0 Å². The normalized spacial score (nSPS) is 17.8. The van der Waals surface area contributed by atoms with E-state index in [1.54, 1.807) is 7.11 Å². The number of piperidine rings is 1. The van der Waals surface area contributed by atoms with Crippen molar-refractivity contribution in [3.05, 3.63) is 23.8 Å². The highest BCUT2D eigenvalue weighted by atomic mass is 16.5. The van der Waals surface area contributed by atoms with Crippen molar-refractivity contribution < 1.29 is 4.74 Å². The Morgan fingerprint density at radius 3 is 2.45 bits per heavy atom. The van der Waals surface area contributed by atoms with Gasteiger partial charge in [-0.3, -0.25) is 0 Å². The molecule has 0 aliphatic carbocycles. The van der Waals surface area contributed by atoms with Crippen molar-refractivity contribution in [3.8, 4) is 0 Å². The fraction of sp³-hybridized carbons (Fsp3) is 0.750. The summed E-state index contributed by atoms with van der Waals surface area (Å²) in [5.41, 5.74) is 1.31. The highest BCUT2D eigenvalue weighted by molar-refractivity contribution is 5.13. The number of hydrogen-bond donors (Lipinski definition) is 0. The maximum Gasteiger partial charge on any atom is 0.130 e. The van der Waals surface area contributed by atoms with Gasteiger partial charge in [0.25, 0.3) is 0 Å². The van der Waals surface area contributed by atoms with Crippen LogP contribution in [0.4, 0.5) is 0 Å². The second-order valence-electron chi connectivity index (χ2n) is 5.99. The number of methoxy groups -OCH3 is 1. The first kappa shape index (κ1) is 15.4. The molecule has 1 aromatic heterocycles. The summed E-state index contributed by atoms with van der Waals surface area (Å²) in [6.07, 6.45) is 7.64. The third kappa shape index (κ3) is 4.25. The summed E-state index contributed by atoms with van der Waals surface area (Å²) in [5, 5.41) is 0. The van der Waals surface area contributed by atoms with E-state index in [0.717, 1.165) is 25.4 Å². The number of rotatable bonds is 6. The van der Waals surface area contributed by atoms with Crippen LogP contribution in [0.15, 0.2) is 12.4 Å². The van der Waals surface area contributed by atoms with Gasteiger partial charge in [0.15, 0.2) is 0 Å². The zero-order chi connectivity index (χ0) is 14.4. The van der Waals surface area contributed by atoms with Crippen molar-refractivity contribution in [1.82, 2.24) is 14.9 Å². The molecule has 2 rings (SSSR count).